The predicted octanol–water partition coefficient (Wildman–Crippen LogP) is 1.34. The molecule has 126 valence electrons. The van der Waals surface area contributed by atoms with Gasteiger partial charge >= 0.3 is 7.12 Å². The molecule has 2 amide bonds. The number of amides is 2. The van der Waals surface area contributed by atoms with E-state index in [-0.39, 0.29) is 23.0 Å². The zero-order chi connectivity index (χ0) is 18.0. The highest BCUT2D eigenvalue weighted by molar-refractivity contribution is 6.61. The number of benzene rings is 1. The Morgan fingerprint density at radius 3 is 1.83 bits per heavy atom. The lowest BCUT2D eigenvalue weighted by Gasteiger charge is -2.23. The molecule has 0 aliphatic heterocycles. The Hall–Kier alpha value is -1.86. The van der Waals surface area contributed by atoms with Gasteiger partial charge in [-0.25, -0.2) is 0 Å². The minimum Gasteiger partial charge on any atom is -0.423 e. The summed E-state index contributed by atoms with van der Waals surface area (Å²) < 4.78 is 0. The second-order valence-electron chi connectivity index (χ2n) is 7.55. The van der Waals surface area contributed by atoms with Crippen LogP contribution in [-0.2, 0) is 9.59 Å². The van der Waals surface area contributed by atoms with Crippen molar-refractivity contribution in [2.75, 3.05) is 10.6 Å². The van der Waals surface area contributed by atoms with Crippen LogP contribution in [0.2, 0.25) is 0 Å². The summed E-state index contributed by atoms with van der Waals surface area (Å²) in [6.07, 6.45) is 0. The average molecular weight is 320 g/mol. The van der Waals surface area contributed by atoms with Crippen molar-refractivity contribution in [2.45, 2.75) is 41.5 Å². The van der Waals surface area contributed by atoms with Gasteiger partial charge in [-0.2, -0.15) is 0 Å². The minimum atomic E-state index is -1.77. The third-order valence-electron chi connectivity index (χ3n) is 3.22. The molecule has 1 rings (SSSR count). The number of hydrogen-bond donors (Lipinski definition) is 4. The van der Waals surface area contributed by atoms with Crippen molar-refractivity contribution in [3.05, 3.63) is 18.2 Å². The van der Waals surface area contributed by atoms with E-state index in [4.69, 9.17) is 0 Å². The number of carbonyl (C=O) groups is 2. The molecule has 0 spiro atoms. The second kappa shape index (κ2) is 6.72. The van der Waals surface area contributed by atoms with Gasteiger partial charge < -0.3 is 20.7 Å². The lowest BCUT2D eigenvalue weighted by atomic mass is 9.78. The van der Waals surface area contributed by atoms with E-state index in [1.54, 1.807) is 53.7 Å². The van der Waals surface area contributed by atoms with Crippen LogP contribution in [0.25, 0.3) is 0 Å². The summed E-state index contributed by atoms with van der Waals surface area (Å²) in [6, 6.07) is 4.67. The SMILES string of the molecule is CC(C)(C)C(=O)Nc1cccc(B(O)O)c1NC(=O)C(C)(C)C. The standard InChI is InChI=1S/C16H25BN2O4/c1-15(2,3)13(20)18-11-9-7-8-10(17(22)23)12(11)19-14(21)16(4,5)6/h7-9,22-23H,1-6H3,(H,18,20)(H,19,21). The average Bonchev–Trinajstić information content (AvgIpc) is 2.37. The first-order chi connectivity index (χ1) is 10.3. The van der Waals surface area contributed by atoms with Gasteiger partial charge in [-0.1, -0.05) is 53.7 Å². The van der Waals surface area contributed by atoms with Crippen LogP contribution >= 0.6 is 0 Å². The van der Waals surface area contributed by atoms with E-state index in [9.17, 15) is 19.6 Å². The summed E-state index contributed by atoms with van der Waals surface area (Å²) in [6.45, 7) is 10.5. The van der Waals surface area contributed by atoms with Gasteiger partial charge in [0.2, 0.25) is 11.8 Å². The summed E-state index contributed by atoms with van der Waals surface area (Å²) in [7, 11) is -1.77. The maximum atomic E-state index is 12.3. The Kier molecular flexibility index (Phi) is 5.61. The van der Waals surface area contributed by atoms with Crippen molar-refractivity contribution in [1.29, 1.82) is 0 Å². The molecule has 0 aliphatic rings. The molecule has 0 saturated carbocycles. The van der Waals surface area contributed by atoms with E-state index in [2.05, 4.69) is 10.6 Å². The fourth-order valence-corrected chi connectivity index (χ4v) is 1.64. The Bertz CT molecular complexity index is 601. The molecule has 0 heterocycles. The number of anilines is 2. The molecule has 6 nitrogen and oxygen atoms in total. The maximum absolute atomic E-state index is 12.3. The van der Waals surface area contributed by atoms with Crippen LogP contribution in [0.1, 0.15) is 41.5 Å². The normalized spacial score (nSPS) is 11.8. The molecule has 0 saturated heterocycles. The zero-order valence-corrected chi connectivity index (χ0v) is 14.5. The van der Waals surface area contributed by atoms with Crippen LogP contribution in [0, 0.1) is 10.8 Å². The van der Waals surface area contributed by atoms with Crippen LogP contribution in [0.5, 0.6) is 0 Å². The van der Waals surface area contributed by atoms with E-state index in [0.29, 0.717) is 5.69 Å². The van der Waals surface area contributed by atoms with Crippen molar-refractivity contribution in [2.24, 2.45) is 10.8 Å². The van der Waals surface area contributed by atoms with Gasteiger partial charge in [-0.05, 0) is 6.07 Å². The van der Waals surface area contributed by atoms with Crippen LogP contribution in [0.3, 0.4) is 0 Å². The molecule has 0 fully saturated rings. The Balaban J connectivity index is 3.28. The van der Waals surface area contributed by atoms with Crippen molar-refractivity contribution in [3.8, 4) is 0 Å². The molecule has 0 unspecified atom stereocenters. The minimum absolute atomic E-state index is 0.120. The number of carbonyl (C=O) groups excluding carboxylic acids is 2. The number of nitrogens with one attached hydrogen (secondary N) is 2. The van der Waals surface area contributed by atoms with Gasteiger partial charge in [0.25, 0.3) is 0 Å². The highest BCUT2D eigenvalue weighted by Crippen LogP contribution is 2.25. The molecule has 0 bridgehead atoms. The van der Waals surface area contributed by atoms with Crippen molar-refractivity contribution < 1.29 is 19.6 Å². The first-order valence-electron chi connectivity index (χ1n) is 7.46. The highest BCUT2D eigenvalue weighted by atomic mass is 16.4. The van der Waals surface area contributed by atoms with Crippen LogP contribution in [0.4, 0.5) is 11.4 Å². The maximum Gasteiger partial charge on any atom is 0.490 e. The topological polar surface area (TPSA) is 98.7 Å². The summed E-state index contributed by atoms with van der Waals surface area (Å²) >= 11 is 0. The predicted molar refractivity (Wildman–Crippen MR) is 92.4 cm³/mol. The lowest BCUT2D eigenvalue weighted by molar-refractivity contribution is -0.124. The number of rotatable bonds is 3. The summed E-state index contributed by atoms with van der Waals surface area (Å²) in [4.78, 5) is 24.5. The molecule has 0 atom stereocenters. The van der Waals surface area contributed by atoms with E-state index in [0.717, 1.165) is 0 Å². The highest BCUT2D eigenvalue weighted by Gasteiger charge is 2.28. The van der Waals surface area contributed by atoms with E-state index < -0.39 is 17.9 Å². The fourth-order valence-electron chi connectivity index (χ4n) is 1.64. The molecule has 7 heteroatoms. The van der Waals surface area contributed by atoms with E-state index in [1.165, 1.54) is 6.07 Å². The quantitative estimate of drug-likeness (QED) is 0.632. The molecular formula is C16H25BN2O4. The Morgan fingerprint density at radius 2 is 1.39 bits per heavy atom. The molecule has 23 heavy (non-hydrogen) atoms. The summed E-state index contributed by atoms with van der Waals surface area (Å²) in [5.41, 5.74) is -0.653. The third kappa shape index (κ3) is 5.08. The zero-order valence-electron chi connectivity index (χ0n) is 14.5. The van der Waals surface area contributed by atoms with Crippen molar-refractivity contribution in [1.82, 2.24) is 0 Å². The summed E-state index contributed by atoms with van der Waals surface area (Å²) in [5.74, 6) is -0.537. The third-order valence-corrected chi connectivity index (χ3v) is 3.22. The molecule has 4 N–H and O–H groups in total. The van der Waals surface area contributed by atoms with Gasteiger partial charge in [0, 0.05) is 16.3 Å². The Labute approximate surface area is 137 Å². The lowest BCUT2D eigenvalue weighted by Crippen LogP contribution is -2.37. The largest absolute Gasteiger partial charge is 0.490 e. The molecule has 0 radical (unpaired) electrons. The van der Waals surface area contributed by atoms with Gasteiger partial charge in [0.15, 0.2) is 0 Å². The van der Waals surface area contributed by atoms with Crippen molar-refractivity contribution in [3.63, 3.8) is 0 Å². The molecule has 0 aliphatic carbocycles. The summed E-state index contributed by atoms with van der Waals surface area (Å²) in [5, 5.41) is 24.5. The van der Waals surface area contributed by atoms with E-state index >= 15 is 0 Å². The first-order valence-corrected chi connectivity index (χ1v) is 7.46. The van der Waals surface area contributed by atoms with Gasteiger partial charge in [0.1, 0.15) is 0 Å². The van der Waals surface area contributed by atoms with Gasteiger partial charge in [-0.3, -0.25) is 9.59 Å². The second-order valence-corrected chi connectivity index (χ2v) is 7.55. The molecule has 1 aromatic rings. The smallest absolute Gasteiger partial charge is 0.423 e. The number of para-hydroxylation sites is 1. The van der Waals surface area contributed by atoms with Gasteiger partial charge in [0.05, 0.1) is 11.4 Å². The molecule has 0 aromatic heterocycles. The molecular weight excluding hydrogens is 295 g/mol. The first kappa shape index (κ1) is 19.2. The van der Waals surface area contributed by atoms with Crippen LogP contribution in [-0.4, -0.2) is 29.0 Å². The molecule has 1 aromatic carbocycles. The van der Waals surface area contributed by atoms with Crippen molar-refractivity contribution >= 4 is 35.8 Å². The monoisotopic (exact) mass is 320 g/mol. The van der Waals surface area contributed by atoms with Gasteiger partial charge in [-0.15, -0.1) is 0 Å². The van der Waals surface area contributed by atoms with Crippen LogP contribution < -0.4 is 16.1 Å². The number of hydrogen-bond acceptors (Lipinski definition) is 4. The Morgan fingerprint density at radius 1 is 0.913 bits per heavy atom. The van der Waals surface area contributed by atoms with E-state index in [1.807, 2.05) is 0 Å². The van der Waals surface area contributed by atoms with Crippen LogP contribution in [0.15, 0.2) is 18.2 Å². The fraction of sp³-hybridized carbons (Fsp3) is 0.500.